The van der Waals surface area contributed by atoms with Gasteiger partial charge in [-0.2, -0.15) is 15.1 Å². The van der Waals surface area contributed by atoms with E-state index in [0.717, 1.165) is 18.6 Å². The van der Waals surface area contributed by atoms with Crippen LogP contribution < -0.4 is 4.90 Å². The summed E-state index contributed by atoms with van der Waals surface area (Å²) in [5.74, 6) is -1.43. The second-order valence-electron chi connectivity index (χ2n) is 8.52. The molecule has 8 nitrogen and oxygen atoms in total. The van der Waals surface area contributed by atoms with E-state index in [0.29, 0.717) is 25.6 Å². The zero-order valence-corrected chi connectivity index (χ0v) is 16.4. The molecule has 2 bridgehead atoms. The topological polar surface area (TPSA) is 79.5 Å². The first-order valence-electron chi connectivity index (χ1n) is 10.1. The molecular formula is C20H19F3N6O2. The summed E-state index contributed by atoms with van der Waals surface area (Å²) in [4.78, 5) is 12.9. The highest BCUT2D eigenvalue weighted by molar-refractivity contribution is 5.82. The summed E-state index contributed by atoms with van der Waals surface area (Å²) in [6.07, 6.45) is 2.28. The highest BCUT2D eigenvalue weighted by Gasteiger charge is 2.49. The van der Waals surface area contributed by atoms with Gasteiger partial charge in [0.25, 0.3) is 0 Å². The number of piperazine rings is 1. The Bertz CT molecular complexity index is 1170. The zero-order chi connectivity index (χ0) is 21.3. The Morgan fingerprint density at radius 2 is 1.94 bits per heavy atom. The standard InChI is InChI=1S/C20H19F3N6O2/c21-11-1-2-16(15(22)3-11)29-17-14(5-24-29)18(30)26-19(25-17)28-12-4-13(28)7-27(6-12)8-20(23)9-31-10-20/h1-3,5,12-13H,4,6-10H2,(H,25,26,30). The average Bonchev–Trinajstić information content (AvgIpc) is 3.11. The van der Waals surface area contributed by atoms with E-state index in [4.69, 9.17) is 4.74 Å². The van der Waals surface area contributed by atoms with Crippen LogP contribution in [0.25, 0.3) is 16.7 Å². The van der Waals surface area contributed by atoms with E-state index in [-0.39, 0.29) is 47.9 Å². The number of hydrogen-bond acceptors (Lipinski definition) is 7. The number of benzene rings is 1. The molecule has 0 aliphatic carbocycles. The fraction of sp³-hybridized carbons (Fsp3) is 0.450. The molecule has 11 heteroatoms. The number of rotatable bonds is 4. The number of piperidine rings is 1. The quantitative estimate of drug-likeness (QED) is 0.674. The Balaban J connectivity index is 1.31. The van der Waals surface area contributed by atoms with Gasteiger partial charge in [-0.25, -0.2) is 17.9 Å². The molecule has 2 atom stereocenters. The molecule has 6 heterocycles. The molecule has 1 aromatic carbocycles. The van der Waals surface area contributed by atoms with Gasteiger partial charge >= 0.3 is 0 Å². The predicted molar refractivity (Wildman–Crippen MR) is 104 cm³/mol. The fourth-order valence-corrected chi connectivity index (χ4v) is 4.80. The highest BCUT2D eigenvalue weighted by atomic mass is 19.1. The minimum atomic E-state index is -1.27. The van der Waals surface area contributed by atoms with Crippen LogP contribution in [0.4, 0.5) is 19.1 Å². The molecule has 1 N–H and O–H groups in total. The van der Waals surface area contributed by atoms with Gasteiger partial charge in [0, 0.05) is 37.8 Å². The number of nitrogens with zero attached hydrogens (tertiary/aromatic N) is 6. The predicted octanol–water partition coefficient (Wildman–Crippen LogP) is 1.80. The van der Waals surface area contributed by atoms with Crippen molar-refractivity contribution in [3.63, 3.8) is 0 Å². The van der Waals surface area contributed by atoms with Gasteiger partial charge in [-0.05, 0) is 18.6 Å². The van der Waals surface area contributed by atoms with Crippen molar-refractivity contribution >= 4 is 17.0 Å². The minimum Gasteiger partial charge on any atom is -0.493 e. The maximum atomic E-state index is 14.4. The van der Waals surface area contributed by atoms with Crippen molar-refractivity contribution < 1.29 is 23.0 Å². The Morgan fingerprint density at radius 1 is 1.16 bits per heavy atom. The third-order valence-electron chi connectivity index (χ3n) is 6.26. The van der Waals surface area contributed by atoms with E-state index in [1.54, 1.807) is 0 Å². The second kappa shape index (κ2) is 6.54. The first-order valence-corrected chi connectivity index (χ1v) is 10.1. The summed E-state index contributed by atoms with van der Waals surface area (Å²) >= 11 is 0. The lowest BCUT2D eigenvalue weighted by Crippen LogP contribution is -2.71. The monoisotopic (exact) mass is 432 g/mol. The van der Waals surface area contributed by atoms with Crippen LogP contribution in [0.2, 0.25) is 0 Å². The summed E-state index contributed by atoms with van der Waals surface area (Å²) in [6.45, 7) is 1.95. The number of aromatic hydroxyl groups is 1. The Labute approximate surface area is 174 Å². The molecule has 0 radical (unpaired) electrons. The van der Waals surface area contributed by atoms with Crippen LogP contribution in [0.3, 0.4) is 0 Å². The van der Waals surface area contributed by atoms with Crippen molar-refractivity contribution in [2.45, 2.75) is 24.2 Å². The zero-order valence-electron chi connectivity index (χ0n) is 16.4. The molecule has 4 aliphatic heterocycles. The van der Waals surface area contributed by atoms with Gasteiger partial charge in [-0.1, -0.05) is 0 Å². The molecule has 2 aromatic heterocycles. The summed E-state index contributed by atoms with van der Waals surface area (Å²) in [7, 11) is 0. The number of aromatic nitrogens is 4. The molecule has 0 spiro atoms. The molecule has 3 aromatic rings. The van der Waals surface area contributed by atoms with Gasteiger partial charge in [0.05, 0.1) is 19.4 Å². The highest BCUT2D eigenvalue weighted by Crippen LogP contribution is 2.38. The van der Waals surface area contributed by atoms with E-state index >= 15 is 0 Å². The molecule has 0 amide bonds. The van der Waals surface area contributed by atoms with E-state index in [1.807, 2.05) is 4.90 Å². The maximum Gasteiger partial charge on any atom is 0.231 e. The lowest BCUT2D eigenvalue weighted by atomic mass is 9.87. The number of hydrogen-bond donors (Lipinski definition) is 1. The van der Waals surface area contributed by atoms with Crippen molar-refractivity contribution in [2.24, 2.45) is 0 Å². The third kappa shape index (κ3) is 2.94. The summed E-state index contributed by atoms with van der Waals surface area (Å²) < 4.78 is 48.3. The van der Waals surface area contributed by atoms with E-state index in [9.17, 15) is 18.3 Å². The van der Waals surface area contributed by atoms with E-state index in [1.165, 1.54) is 16.9 Å². The first-order chi connectivity index (χ1) is 14.9. The summed E-state index contributed by atoms with van der Waals surface area (Å²) in [5.41, 5.74) is -1.02. The van der Waals surface area contributed by atoms with Crippen LogP contribution >= 0.6 is 0 Å². The Kier molecular flexibility index (Phi) is 3.97. The third-order valence-corrected chi connectivity index (χ3v) is 6.26. The lowest BCUT2D eigenvalue weighted by Gasteiger charge is -2.57. The molecule has 162 valence electrons. The number of ether oxygens (including phenoxy) is 1. The molecule has 4 saturated heterocycles. The normalized spacial score (nSPS) is 24.8. The van der Waals surface area contributed by atoms with E-state index < -0.39 is 17.3 Å². The Hall–Kier alpha value is -2.92. The van der Waals surface area contributed by atoms with Crippen LogP contribution in [0.1, 0.15) is 6.42 Å². The Morgan fingerprint density at radius 3 is 2.61 bits per heavy atom. The molecule has 7 rings (SSSR count). The van der Waals surface area contributed by atoms with Gasteiger partial charge in [0.2, 0.25) is 11.8 Å². The number of fused-ring (bicyclic) bond motifs is 3. The molecule has 2 unspecified atom stereocenters. The van der Waals surface area contributed by atoms with Gasteiger partial charge in [0.15, 0.2) is 17.1 Å². The minimum absolute atomic E-state index is 0.0198. The number of alkyl halides is 1. The van der Waals surface area contributed by atoms with Gasteiger partial charge in [-0.3, -0.25) is 4.90 Å². The van der Waals surface area contributed by atoms with Crippen LogP contribution in [-0.4, -0.2) is 80.4 Å². The van der Waals surface area contributed by atoms with Crippen molar-refractivity contribution in [3.8, 4) is 11.6 Å². The van der Waals surface area contributed by atoms with Gasteiger partial charge < -0.3 is 14.7 Å². The molecule has 31 heavy (non-hydrogen) atoms. The van der Waals surface area contributed by atoms with Gasteiger partial charge in [-0.15, -0.1) is 0 Å². The van der Waals surface area contributed by atoms with Crippen LogP contribution in [0.5, 0.6) is 5.88 Å². The van der Waals surface area contributed by atoms with Crippen molar-refractivity contribution in [2.75, 3.05) is 37.7 Å². The second-order valence-corrected chi connectivity index (χ2v) is 8.52. The van der Waals surface area contributed by atoms with Crippen LogP contribution in [-0.2, 0) is 4.74 Å². The van der Waals surface area contributed by atoms with E-state index in [2.05, 4.69) is 20.0 Å². The smallest absolute Gasteiger partial charge is 0.231 e. The van der Waals surface area contributed by atoms with Crippen LogP contribution in [0.15, 0.2) is 24.4 Å². The van der Waals surface area contributed by atoms with Crippen LogP contribution in [0, 0.1) is 11.6 Å². The molecule has 4 fully saturated rings. The fourth-order valence-electron chi connectivity index (χ4n) is 4.80. The SMILES string of the molecule is Oc1nc(N2C3CC2CN(CC2(F)COC2)C3)nc2c1cnn2-c1ccc(F)cc1F. The molecule has 0 saturated carbocycles. The largest absolute Gasteiger partial charge is 0.493 e. The number of anilines is 1. The lowest BCUT2D eigenvalue weighted by molar-refractivity contribution is -0.145. The average molecular weight is 432 g/mol. The summed E-state index contributed by atoms with van der Waals surface area (Å²) in [6, 6.07) is 3.36. The van der Waals surface area contributed by atoms with Crippen molar-refractivity contribution in [1.29, 1.82) is 0 Å². The van der Waals surface area contributed by atoms with Crippen molar-refractivity contribution in [1.82, 2.24) is 24.6 Å². The number of halogens is 3. The van der Waals surface area contributed by atoms with Crippen molar-refractivity contribution in [3.05, 3.63) is 36.0 Å². The maximum absolute atomic E-state index is 14.4. The molecular weight excluding hydrogens is 413 g/mol. The molecule has 4 aliphatic rings. The first kappa shape index (κ1) is 18.8. The van der Waals surface area contributed by atoms with Gasteiger partial charge in [0.1, 0.15) is 16.9 Å². The summed E-state index contributed by atoms with van der Waals surface area (Å²) in [5, 5.41) is 14.8.